The quantitative estimate of drug-likeness (QED) is 0.851. The summed E-state index contributed by atoms with van der Waals surface area (Å²) in [6.45, 7) is 7.98. The minimum Gasteiger partial charge on any atom is -0.479 e. The van der Waals surface area contributed by atoms with E-state index in [2.05, 4.69) is 12.1 Å². The standard InChI is InChI=1S/C13H18O3/c1-8-5-9(2)12(10(3)6-8)7-16-11(4)13(14)15/h5-6,11H,7H2,1-4H3,(H,14,15)/t11-/m1/s1. The highest BCUT2D eigenvalue weighted by molar-refractivity contribution is 5.71. The molecule has 16 heavy (non-hydrogen) atoms. The van der Waals surface area contributed by atoms with E-state index < -0.39 is 12.1 Å². The lowest BCUT2D eigenvalue weighted by Crippen LogP contribution is -2.20. The molecule has 0 aliphatic carbocycles. The molecule has 0 radical (unpaired) electrons. The molecule has 1 aromatic carbocycles. The normalized spacial score (nSPS) is 12.5. The van der Waals surface area contributed by atoms with Crippen LogP contribution in [-0.2, 0) is 16.1 Å². The Hall–Kier alpha value is -1.35. The minimum absolute atomic E-state index is 0.353. The van der Waals surface area contributed by atoms with E-state index in [0.29, 0.717) is 6.61 Å². The number of hydrogen-bond donors (Lipinski definition) is 1. The number of ether oxygens (including phenoxy) is 1. The molecule has 0 fully saturated rings. The molecular weight excluding hydrogens is 204 g/mol. The molecule has 0 bridgehead atoms. The van der Waals surface area contributed by atoms with Gasteiger partial charge in [0, 0.05) is 0 Å². The number of aryl methyl sites for hydroxylation is 3. The van der Waals surface area contributed by atoms with Crippen LogP contribution in [0.3, 0.4) is 0 Å². The second kappa shape index (κ2) is 5.12. The van der Waals surface area contributed by atoms with Crippen LogP contribution in [0.5, 0.6) is 0 Å². The van der Waals surface area contributed by atoms with E-state index in [0.717, 1.165) is 16.7 Å². The lowest BCUT2D eigenvalue weighted by atomic mass is 10.0. The summed E-state index contributed by atoms with van der Waals surface area (Å²) in [7, 11) is 0. The van der Waals surface area contributed by atoms with Crippen molar-refractivity contribution in [2.75, 3.05) is 0 Å². The third-order valence-corrected chi connectivity index (χ3v) is 2.67. The third-order valence-electron chi connectivity index (χ3n) is 2.67. The first-order valence-electron chi connectivity index (χ1n) is 5.33. The molecular formula is C13H18O3. The first-order valence-corrected chi connectivity index (χ1v) is 5.33. The number of benzene rings is 1. The Kier molecular flexibility index (Phi) is 4.07. The fourth-order valence-electron chi connectivity index (χ4n) is 1.72. The Morgan fingerprint density at radius 1 is 1.31 bits per heavy atom. The maximum atomic E-state index is 10.6. The van der Waals surface area contributed by atoms with Gasteiger partial charge >= 0.3 is 5.97 Å². The third kappa shape index (κ3) is 3.07. The van der Waals surface area contributed by atoms with Crippen LogP contribution in [0, 0.1) is 20.8 Å². The van der Waals surface area contributed by atoms with Crippen molar-refractivity contribution in [1.82, 2.24) is 0 Å². The maximum absolute atomic E-state index is 10.6. The Morgan fingerprint density at radius 3 is 2.25 bits per heavy atom. The van der Waals surface area contributed by atoms with Gasteiger partial charge in [-0.15, -0.1) is 0 Å². The van der Waals surface area contributed by atoms with Crippen molar-refractivity contribution >= 4 is 5.97 Å². The molecule has 0 aliphatic heterocycles. The molecule has 0 spiro atoms. The SMILES string of the molecule is Cc1cc(C)c(CO[C@H](C)C(=O)O)c(C)c1. The van der Waals surface area contributed by atoms with Gasteiger partial charge in [0.1, 0.15) is 0 Å². The van der Waals surface area contributed by atoms with Gasteiger partial charge in [0.05, 0.1) is 6.61 Å². The lowest BCUT2D eigenvalue weighted by molar-refractivity contribution is -0.149. The highest BCUT2D eigenvalue weighted by Crippen LogP contribution is 2.17. The summed E-state index contributed by atoms with van der Waals surface area (Å²) in [4.78, 5) is 10.6. The molecule has 3 nitrogen and oxygen atoms in total. The zero-order chi connectivity index (χ0) is 12.3. The van der Waals surface area contributed by atoms with Gasteiger partial charge in [0.15, 0.2) is 6.10 Å². The first-order chi connectivity index (χ1) is 7.41. The van der Waals surface area contributed by atoms with Crippen molar-refractivity contribution in [3.05, 3.63) is 34.4 Å². The number of hydrogen-bond acceptors (Lipinski definition) is 2. The fraction of sp³-hybridized carbons (Fsp3) is 0.462. The Bertz CT molecular complexity index is 373. The van der Waals surface area contributed by atoms with Gasteiger partial charge in [0.2, 0.25) is 0 Å². The summed E-state index contributed by atoms with van der Waals surface area (Å²) in [5, 5.41) is 8.72. The Balaban J connectivity index is 2.78. The predicted molar refractivity (Wildman–Crippen MR) is 62.5 cm³/mol. The zero-order valence-electron chi connectivity index (χ0n) is 10.2. The van der Waals surface area contributed by atoms with Crippen molar-refractivity contribution in [1.29, 1.82) is 0 Å². The number of carboxylic acids is 1. The van der Waals surface area contributed by atoms with Crippen molar-refractivity contribution in [2.45, 2.75) is 40.4 Å². The number of carbonyl (C=O) groups is 1. The molecule has 1 rings (SSSR count). The summed E-state index contributed by atoms with van der Waals surface area (Å²) in [5.74, 6) is -0.928. The van der Waals surface area contributed by atoms with Crippen molar-refractivity contribution in [3.8, 4) is 0 Å². The van der Waals surface area contributed by atoms with Gasteiger partial charge in [-0.05, 0) is 44.4 Å². The molecule has 0 aromatic heterocycles. The first kappa shape index (κ1) is 12.7. The van der Waals surface area contributed by atoms with Crippen LogP contribution < -0.4 is 0 Å². The van der Waals surface area contributed by atoms with E-state index in [1.54, 1.807) is 6.92 Å². The molecule has 0 aliphatic rings. The van der Waals surface area contributed by atoms with Crippen LogP contribution in [0.4, 0.5) is 0 Å². The Labute approximate surface area is 96.1 Å². The monoisotopic (exact) mass is 222 g/mol. The van der Waals surface area contributed by atoms with E-state index in [1.165, 1.54) is 5.56 Å². The molecule has 0 saturated heterocycles. The van der Waals surface area contributed by atoms with Crippen molar-refractivity contribution in [2.24, 2.45) is 0 Å². The molecule has 0 unspecified atom stereocenters. The summed E-state index contributed by atoms with van der Waals surface area (Å²) in [6.07, 6.45) is -0.764. The van der Waals surface area contributed by atoms with Gasteiger partial charge in [-0.2, -0.15) is 0 Å². The topological polar surface area (TPSA) is 46.5 Å². The fourth-order valence-corrected chi connectivity index (χ4v) is 1.72. The largest absolute Gasteiger partial charge is 0.479 e. The number of rotatable bonds is 4. The van der Waals surface area contributed by atoms with Gasteiger partial charge in [-0.1, -0.05) is 17.7 Å². The van der Waals surface area contributed by atoms with Crippen LogP contribution >= 0.6 is 0 Å². The highest BCUT2D eigenvalue weighted by atomic mass is 16.5. The zero-order valence-corrected chi connectivity index (χ0v) is 10.2. The second-order valence-corrected chi connectivity index (χ2v) is 4.17. The summed E-state index contributed by atoms with van der Waals surface area (Å²) in [6, 6.07) is 4.16. The van der Waals surface area contributed by atoms with Crippen LogP contribution in [0.1, 0.15) is 29.2 Å². The summed E-state index contributed by atoms with van der Waals surface area (Å²) in [5.41, 5.74) is 4.59. The molecule has 1 N–H and O–H groups in total. The average Bonchev–Trinajstić information content (AvgIpc) is 2.15. The number of aliphatic carboxylic acids is 1. The van der Waals surface area contributed by atoms with Gasteiger partial charge in [0.25, 0.3) is 0 Å². The van der Waals surface area contributed by atoms with E-state index in [1.807, 2.05) is 20.8 Å². The van der Waals surface area contributed by atoms with Crippen molar-refractivity contribution in [3.63, 3.8) is 0 Å². The average molecular weight is 222 g/mol. The highest BCUT2D eigenvalue weighted by Gasteiger charge is 2.12. The number of carboxylic acid groups (broad SMARTS) is 1. The van der Waals surface area contributed by atoms with Gasteiger partial charge in [-0.3, -0.25) is 0 Å². The van der Waals surface area contributed by atoms with Crippen LogP contribution in [0.25, 0.3) is 0 Å². The smallest absolute Gasteiger partial charge is 0.332 e. The summed E-state index contributed by atoms with van der Waals surface area (Å²) >= 11 is 0. The molecule has 0 heterocycles. The second-order valence-electron chi connectivity index (χ2n) is 4.17. The molecule has 1 aromatic rings. The van der Waals surface area contributed by atoms with Crippen LogP contribution in [0.2, 0.25) is 0 Å². The molecule has 88 valence electrons. The molecule has 0 amide bonds. The summed E-state index contributed by atoms with van der Waals surface area (Å²) < 4.78 is 5.29. The molecule has 1 atom stereocenters. The Morgan fingerprint density at radius 2 is 1.81 bits per heavy atom. The molecule has 0 saturated carbocycles. The molecule has 3 heteroatoms. The van der Waals surface area contributed by atoms with E-state index in [4.69, 9.17) is 9.84 Å². The van der Waals surface area contributed by atoms with Crippen LogP contribution in [-0.4, -0.2) is 17.2 Å². The van der Waals surface area contributed by atoms with Crippen molar-refractivity contribution < 1.29 is 14.6 Å². The van der Waals surface area contributed by atoms with Crippen LogP contribution in [0.15, 0.2) is 12.1 Å². The maximum Gasteiger partial charge on any atom is 0.332 e. The minimum atomic E-state index is -0.928. The predicted octanol–water partition coefficient (Wildman–Crippen LogP) is 2.60. The van der Waals surface area contributed by atoms with Gasteiger partial charge in [-0.25, -0.2) is 4.79 Å². The van der Waals surface area contributed by atoms with E-state index in [-0.39, 0.29) is 0 Å². The lowest BCUT2D eigenvalue weighted by Gasteiger charge is -2.13. The van der Waals surface area contributed by atoms with Gasteiger partial charge < -0.3 is 9.84 Å². The van der Waals surface area contributed by atoms with E-state index in [9.17, 15) is 4.79 Å². The van der Waals surface area contributed by atoms with E-state index >= 15 is 0 Å².